The normalized spacial score (nSPS) is 11.5. The molecule has 1 unspecified atom stereocenters. The summed E-state index contributed by atoms with van der Waals surface area (Å²) in [7, 11) is 3.06. The van der Waals surface area contributed by atoms with Gasteiger partial charge in [0, 0.05) is 36.0 Å². The number of carbonyl (C=O) groups excluding carboxylic acids is 1. The lowest BCUT2D eigenvalue weighted by molar-refractivity contribution is -0.122. The Balaban J connectivity index is 1.77. The fourth-order valence-corrected chi connectivity index (χ4v) is 2.86. The van der Waals surface area contributed by atoms with E-state index in [1.165, 1.54) is 31.0 Å². The van der Waals surface area contributed by atoms with Crippen molar-refractivity contribution in [3.05, 3.63) is 70.0 Å². The average Bonchev–Trinajstić information content (AvgIpc) is 2.76. The van der Waals surface area contributed by atoms with Crippen LogP contribution in [0.3, 0.4) is 0 Å². The second-order valence-electron chi connectivity index (χ2n) is 7.04. The Bertz CT molecular complexity index is 1130. The van der Waals surface area contributed by atoms with Gasteiger partial charge in [0.2, 0.25) is 5.88 Å². The fraction of sp³-hybridized carbons (Fsp3) is 0.261. The summed E-state index contributed by atoms with van der Waals surface area (Å²) in [6.45, 7) is 5.55. The van der Waals surface area contributed by atoms with Crippen molar-refractivity contribution in [3.8, 4) is 23.1 Å². The highest BCUT2D eigenvalue weighted by Gasteiger charge is 2.17. The molecule has 8 nitrogen and oxygen atoms in total. The van der Waals surface area contributed by atoms with Crippen LogP contribution in [-0.4, -0.2) is 36.0 Å². The van der Waals surface area contributed by atoms with Crippen molar-refractivity contribution in [3.63, 3.8) is 0 Å². The number of ether oxygens (including phenoxy) is 3. The zero-order chi connectivity index (χ0) is 22.5. The number of hydrogen-bond acceptors (Lipinski definition) is 6. The largest absolute Gasteiger partial charge is 0.497 e. The van der Waals surface area contributed by atoms with Crippen molar-refractivity contribution in [2.45, 2.75) is 26.9 Å². The van der Waals surface area contributed by atoms with Crippen molar-refractivity contribution in [2.24, 2.45) is 0 Å². The van der Waals surface area contributed by atoms with E-state index in [0.29, 0.717) is 22.9 Å². The molecule has 1 heterocycles. The van der Waals surface area contributed by atoms with Gasteiger partial charge >= 0.3 is 0 Å². The second kappa shape index (κ2) is 9.34. The maximum absolute atomic E-state index is 12.6. The van der Waals surface area contributed by atoms with Crippen molar-refractivity contribution in [2.75, 3.05) is 19.5 Å². The summed E-state index contributed by atoms with van der Waals surface area (Å²) < 4.78 is 17.4. The predicted molar refractivity (Wildman–Crippen MR) is 118 cm³/mol. The first kappa shape index (κ1) is 21.9. The zero-order valence-corrected chi connectivity index (χ0v) is 18.1. The highest BCUT2D eigenvalue weighted by Crippen LogP contribution is 2.26. The van der Waals surface area contributed by atoms with E-state index >= 15 is 0 Å². The van der Waals surface area contributed by atoms with Crippen LogP contribution in [0, 0.1) is 13.8 Å². The number of amides is 1. The molecule has 1 atom stereocenters. The number of hydrogen-bond donors (Lipinski definition) is 1. The minimum Gasteiger partial charge on any atom is -0.497 e. The summed E-state index contributed by atoms with van der Waals surface area (Å²) in [5.41, 5.74) is 2.99. The van der Waals surface area contributed by atoms with Gasteiger partial charge in [-0.1, -0.05) is 6.07 Å². The van der Waals surface area contributed by atoms with Crippen LogP contribution in [0.2, 0.25) is 0 Å². The second-order valence-corrected chi connectivity index (χ2v) is 7.04. The molecular weight excluding hydrogens is 398 g/mol. The molecule has 162 valence electrons. The summed E-state index contributed by atoms with van der Waals surface area (Å²) in [6.07, 6.45) is -0.865. The van der Waals surface area contributed by atoms with E-state index in [4.69, 9.17) is 14.2 Å². The summed E-state index contributed by atoms with van der Waals surface area (Å²) in [5, 5.41) is 7.02. The predicted octanol–water partition coefficient (Wildman–Crippen LogP) is 3.27. The van der Waals surface area contributed by atoms with Gasteiger partial charge in [0.25, 0.3) is 11.5 Å². The molecule has 0 saturated heterocycles. The summed E-state index contributed by atoms with van der Waals surface area (Å²) >= 11 is 0. The molecule has 0 spiro atoms. The number of nitrogens with one attached hydrogen (secondary N) is 1. The molecule has 2 aromatic carbocycles. The number of aryl methyl sites for hydroxylation is 2. The molecule has 0 bridgehead atoms. The number of aromatic nitrogens is 2. The minimum atomic E-state index is -0.865. The lowest BCUT2D eigenvalue weighted by atomic mass is 10.1. The Kier molecular flexibility index (Phi) is 6.59. The monoisotopic (exact) mass is 423 g/mol. The van der Waals surface area contributed by atoms with E-state index in [-0.39, 0.29) is 17.3 Å². The quantitative estimate of drug-likeness (QED) is 0.627. The van der Waals surface area contributed by atoms with Gasteiger partial charge in [-0.15, -0.1) is 5.10 Å². The number of anilines is 1. The Morgan fingerprint density at radius 1 is 0.968 bits per heavy atom. The third kappa shape index (κ3) is 5.22. The molecule has 0 radical (unpaired) electrons. The first-order chi connectivity index (χ1) is 14.8. The minimum absolute atomic E-state index is 0.156. The molecule has 0 fully saturated rings. The van der Waals surface area contributed by atoms with E-state index in [2.05, 4.69) is 10.4 Å². The molecular formula is C23H25N3O5. The van der Waals surface area contributed by atoms with Crippen molar-refractivity contribution >= 4 is 11.6 Å². The third-order valence-electron chi connectivity index (χ3n) is 4.80. The Hall–Kier alpha value is -3.81. The fourth-order valence-electron chi connectivity index (χ4n) is 2.86. The first-order valence-corrected chi connectivity index (χ1v) is 9.69. The molecule has 0 aliphatic rings. The lowest BCUT2D eigenvalue weighted by Gasteiger charge is -2.16. The van der Waals surface area contributed by atoms with Gasteiger partial charge in [0.1, 0.15) is 11.5 Å². The zero-order valence-electron chi connectivity index (χ0n) is 18.1. The van der Waals surface area contributed by atoms with E-state index in [9.17, 15) is 9.59 Å². The third-order valence-corrected chi connectivity index (χ3v) is 4.80. The highest BCUT2D eigenvalue weighted by atomic mass is 16.5. The number of carbonyl (C=O) groups is 1. The van der Waals surface area contributed by atoms with Crippen LogP contribution in [-0.2, 0) is 4.79 Å². The van der Waals surface area contributed by atoms with E-state index in [1.807, 2.05) is 32.0 Å². The topological polar surface area (TPSA) is 91.7 Å². The number of methoxy groups -OCH3 is 2. The van der Waals surface area contributed by atoms with E-state index in [1.54, 1.807) is 25.1 Å². The van der Waals surface area contributed by atoms with Crippen LogP contribution in [0.25, 0.3) is 5.69 Å². The van der Waals surface area contributed by atoms with Crippen LogP contribution >= 0.6 is 0 Å². The van der Waals surface area contributed by atoms with Gasteiger partial charge in [-0.05, 0) is 44.0 Å². The standard InChI is InChI=1S/C23H25N3O5/c1-14-6-7-18(10-15(14)2)26-22(27)9-8-21(25-26)31-16(3)23(28)24-17-11-19(29-4)13-20(12-17)30-5/h6-13,16H,1-5H3,(H,24,28). The van der Waals surface area contributed by atoms with Gasteiger partial charge in [0.05, 0.1) is 19.9 Å². The number of benzene rings is 2. The SMILES string of the molecule is COc1cc(NC(=O)C(C)Oc2ccc(=O)n(-c3ccc(C)c(C)c3)n2)cc(OC)c1. The number of rotatable bonds is 7. The van der Waals surface area contributed by atoms with Crippen LogP contribution in [0.1, 0.15) is 18.1 Å². The molecule has 1 N–H and O–H groups in total. The Labute approximate surface area is 180 Å². The molecule has 1 amide bonds. The molecule has 31 heavy (non-hydrogen) atoms. The molecule has 0 aliphatic carbocycles. The maximum Gasteiger partial charge on any atom is 0.271 e. The van der Waals surface area contributed by atoms with Crippen LogP contribution in [0.4, 0.5) is 5.69 Å². The van der Waals surface area contributed by atoms with Crippen LogP contribution in [0.5, 0.6) is 17.4 Å². The van der Waals surface area contributed by atoms with Gasteiger partial charge in [-0.25, -0.2) is 0 Å². The van der Waals surface area contributed by atoms with Crippen molar-refractivity contribution in [1.29, 1.82) is 0 Å². The van der Waals surface area contributed by atoms with E-state index < -0.39 is 6.10 Å². The van der Waals surface area contributed by atoms with Crippen molar-refractivity contribution in [1.82, 2.24) is 9.78 Å². The van der Waals surface area contributed by atoms with Crippen molar-refractivity contribution < 1.29 is 19.0 Å². The summed E-state index contributed by atoms with van der Waals surface area (Å²) in [4.78, 5) is 24.9. The maximum atomic E-state index is 12.6. The van der Waals surface area contributed by atoms with E-state index in [0.717, 1.165) is 11.1 Å². The number of nitrogens with zero attached hydrogens (tertiary/aromatic N) is 2. The molecule has 8 heteroatoms. The molecule has 0 aliphatic heterocycles. The molecule has 3 rings (SSSR count). The lowest BCUT2D eigenvalue weighted by Crippen LogP contribution is -2.31. The average molecular weight is 423 g/mol. The summed E-state index contributed by atoms with van der Waals surface area (Å²) in [5.74, 6) is 0.862. The van der Waals surface area contributed by atoms with Gasteiger partial charge in [-0.2, -0.15) is 4.68 Å². The molecule has 1 aromatic heterocycles. The summed E-state index contributed by atoms with van der Waals surface area (Å²) in [6, 6.07) is 13.5. The van der Waals surface area contributed by atoms with Crippen LogP contribution < -0.4 is 25.1 Å². The van der Waals surface area contributed by atoms with Gasteiger partial charge < -0.3 is 19.5 Å². The van der Waals surface area contributed by atoms with Gasteiger partial charge in [0.15, 0.2) is 6.10 Å². The Morgan fingerprint density at radius 2 is 1.65 bits per heavy atom. The smallest absolute Gasteiger partial charge is 0.271 e. The molecule has 0 saturated carbocycles. The highest BCUT2D eigenvalue weighted by molar-refractivity contribution is 5.94. The van der Waals surface area contributed by atoms with Gasteiger partial charge in [-0.3, -0.25) is 9.59 Å². The van der Waals surface area contributed by atoms with Crippen LogP contribution in [0.15, 0.2) is 53.3 Å². The Morgan fingerprint density at radius 3 is 2.26 bits per heavy atom. The molecule has 3 aromatic rings. The first-order valence-electron chi connectivity index (χ1n) is 9.69.